The van der Waals surface area contributed by atoms with Crippen LogP contribution in [0.3, 0.4) is 0 Å². The number of carbonyl (C=O) groups excluding carboxylic acids is 1. The molecule has 1 amide bonds. The van der Waals surface area contributed by atoms with E-state index < -0.39 is 111 Å². The normalized spacial score (nSPS) is 47.1. The molecule has 39 heavy (non-hydrogen) atoms. The van der Waals surface area contributed by atoms with Crippen LogP contribution in [0.2, 0.25) is 0 Å². The molecule has 228 valence electrons. The Morgan fingerprint density at radius 3 is 1.92 bits per heavy atom. The zero-order valence-electron chi connectivity index (χ0n) is 21.9. The number of amides is 1. The second kappa shape index (κ2) is 14.2. The van der Waals surface area contributed by atoms with Gasteiger partial charge in [0.2, 0.25) is 5.91 Å². The average Bonchev–Trinajstić information content (AvgIpc) is 2.90. The second-order valence-electron chi connectivity index (χ2n) is 9.90. The maximum atomic E-state index is 12.0. The molecule has 0 bridgehead atoms. The van der Waals surface area contributed by atoms with E-state index in [2.05, 4.69) is 5.32 Å². The van der Waals surface area contributed by atoms with E-state index in [1.165, 1.54) is 13.8 Å². The van der Waals surface area contributed by atoms with Crippen molar-refractivity contribution in [2.24, 2.45) is 0 Å². The van der Waals surface area contributed by atoms with Crippen LogP contribution in [0, 0.1) is 0 Å². The van der Waals surface area contributed by atoms with E-state index in [-0.39, 0.29) is 6.61 Å². The van der Waals surface area contributed by atoms with Gasteiger partial charge in [0.25, 0.3) is 0 Å². The predicted molar refractivity (Wildman–Crippen MR) is 125 cm³/mol. The summed E-state index contributed by atoms with van der Waals surface area (Å²) in [5, 5.41) is 84.9. The molecule has 3 aliphatic rings. The SMILES string of the molecule is CCCO[C@@H]1O[C@H](CO)[C@H](O)[C@H](O[C@@H]2O[C@H](CO)[C@H](O)[C@H](O)[C@H]2O[C@@H]2O[C@@H](C)[C@@H](O)[C@@H](O)[C@@H]2O)[C@H]1NC(C)=O. The lowest BCUT2D eigenvalue weighted by Crippen LogP contribution is -2.69. The lowest BCUT2D eigenvalue weighted by molar-refractivity contribution is -0.381. The highest BCUT2D eigenvalue weighted by Crippen LogP contribution is 2.33. The summed E-state index contributed by atoms with van der Waals surface area (Å²) in [6.45, 7) is 3.27. The van der Waals surface area contributed by atoms with E-state index in [1.54, 1.807) is 0 Å². The summed E-state index contributed by atoms with van der Waals surface area (Å²) in [7, 11) is 0. The summed E-state index contributed by atoms with van der Waals surface area (Å²) in [6, 6.07) is -1.15. The molecule has 9 N–H and O–H groups in total. The Hall–Kier alpha value is -1.09. The van der Waals surface area contributed by atoms with Gasteiger partial charge in [-0.25, -0.2) is 0 Å². The molecule has 3 rings (SSSR count). The van der Waals surface area contributed by atoms with Crippen LogP contribution in [-0.2, 0) is 33.2 Å². The van der Waals surface area contributed by atoms with Gasteiger partial charge in [0.1, 0.15) is 67.1 Å². The molecule has 0 radical (unpaired) electrons. The first-order valence-electron chi connectivity index (χ1n) is 12.9. The first-order valence-corrected chi connectivity index (χ1v) is 12.9. The molecule has 0 aromatic rings. The Kier molecular flexibility index (Phi) is 11.8. The molecular formula is C23H41NO15. The Morgan fingerprint density at radius 2 is 1.33 bits per heavy atom. The fraction of sp³-hybridized carbons (Fsp3) is 0.957. The van der Waals surface area contributed by atoms with Gasteiger partial charge in [-0.1, -0.05) is 6.92 Å². The summed E-state index contributed by atoms with van der Waals surface area (Å²) < 4.78 is 34.1. The van der Waals surface area contributed by atoms with Crippen LogP contribution < -0.4 is 5.32 Å². The minimum atomic E-state index is -1.80. The van der Waals surface area contributed by atoms with E-state index in [4.69, 9.17) is 28.4 Å². The third-order valence-electron chi connectivity index (χ3n) is 6.93. The van der Waals surface area contributed by atoms with Crippen molar-refractivity contribution in [3.8, 4) is 0 Å². The summed E-state index contributed by atoms with van der Waals surface area (Å²) >= 11 is 0. The molecule has 3 heterocycles. The lowest BCUT2D eigenvalue weighted by Gasteiger charge is -2.49. The molecule has 0 spiro atoms. The summed E-state index contributed by atoms with van der Waals surface area (Å²) in [5.41, 5.74) is 0. The first kappa shape index (κ1) is 32.4. The van der Waals surface area contributed by atoms with Gasteiger partial charge >= 0.3 is 0 Å². The zero-order chi connectivity index (χ0) is 29.0. The van der Waals surface area contributed by atoms with Crippen molar-refractivity contribution in [2.75, 3.05) is 19.8 Å². The standard InChI is InChI=1S/C23H41NO15/c1-4-5-34-21-12(24-9(3)27)19(15(30)11(7-26)36-21)38-23-20(17(32)14(29)10(6-25)37-23)39-22-18(33)16(31)13(28)8(2)35-22/h8,10-23,25-26,28-33H,4-7H2,1-3H3,(H,24,27)/t8-,10+,11+,12+,13+,14-,15-,16+,17-,18-,19+,20+,21+,22-,23-/m0/s1. The third-order valence-corrected chi connectivity index (χ3v) is 6.93. The smallest absolute Gasteiger partial charge is 0.217 e. The highest BCUT2D eigenvalue weighted by atomic mass is 16.8. The second-order valence-corrected chi connectivity index (χ2v) is 9.90. The van der Waals surface area contributed by atoms with Gasteiger partial charge in [0.05, 0.1) is 19.3 Å². The van der Waals surface area contributed by atoms with Crippen LogP contribution in [0.1, 0.15) is 27.2 Å². The number of hydrogen-bond acceptors (Lipinski definition) is 15. The fourth-order valence-electron chi connectivity index (χ4n) is 4.74. The van der Waals surface area contributed by atoms with Crippen LogP contribution >= 0.6 is 0 Å². The Morgan fingerprint density at radius 1 is 0.744 bits per heavy atom. The van der Waals surface area contributed by atoms with Crippen LogP contribution in [-0.4, -0.2) is 159 Å². The quantitative estimate of drug-likeness (QED) is 0.119. The number of hydrogen-bond donors (Lipinski definition) is 9. The van der Waals surface area contributed by atoms with Crippen molar-refractivity contribution in [3.63, 3.8) is 0 Å². The highest BCUT2D eigenvalue weighted by molar-refractivity contribution is 5.73. The van der Waals surface area contributed by atoms with Gasteiger partial charge in [0, 0.05) is 13.5 Å². The van der Waals surface area contributed by atoms with Crippen LogP contribution in [0.5, 0.6) is 0 Å². The first-order chi connectivity index (χ1) is 18.4. The monoisotopic (exact) mass is 571 g/mol. The van der Waals surface area contributed by atoms with E-state index in [0.29, 0.717) is 6.42 Å². The average molecular weight is 572 g/mol. The van der Waals surface area contributed by atoms with E-state index in [9.17, 15) is 45.6 Å². The zero-order valence-corrected chi connectivity index (χ0v) is 21.9. The largest absolute Gasteiger partial charge is 0.394 e. The molecule has 0 saturated carbocycles. The maximum Gasteiger partial charge on any atom is 0.217 e. The number of aliphatic hydroxyl groups excluding tert-OH is 8. The molecule has 3 fully saturated rings. The third kappa shape index (κ3) is 7.22. The Bertz CT molecular complexity index is 778. The minimum Gasteiger partial charge on any atom is -0.394 e. The van der Waals surface area contributed by atoms with E-state index in [1.807, 2.05) is 6.92 Å². The molecule has 16 heteroatoms. The lowest BCUT2D eigenvalue weighted by atomic mass is 9.95. The van der Waals surface area contributed by atoms with Crippen molar-refractivity contribution in [1.29, 1.82) is 0 Å². The van der Waals surface area contributed by atoms with Crippen molar-refractivity contribution < 1.29 is 74.1 Å². The van der Waals surface area contributed by atoms with Gasteiger partial charge in [0.15, 0.2) is 18.9 Å². The topological polar surface area (TPSA) is 246 Å². The molecule has 0 aromatic carbocycles. The van der Waals surface area contributed by atoms with Crippen molar-refractivity contribution in [1.82, 2.24) is 5.32 Å². The van der Waals surface area contributed by atoms with Crippen molar-refractivity contribution in [2.45, 2.75) is 119 Å². The summed E-state index contributed by atoms with van der Waals surface area (Å²) in [5.74, 6) is -0.529. The van der Waals surface area contributed by atoms with Gasteiger partial charge in [-0.3, -0.25) is 4.79 Å². The highest BCUT2D eigenvalue weighted by Gasteiger charge is 2.54. The predicted octanol–water partition coefficient (Wildman–Crippen LogP) is -4.97. The van der Waals surface area contributed by atoms with E-state index in [0.717, 1.165) is 0 Å². The van der Waals surface area contributed by atoms with Gasteiger partial charge in [-0.2, -0.15) is 0 Å². The summed E-state index contributed by atoms with van der Waals surface area (Å²) in [4.78, 5) is 12.0. The number of carbonyl (C=O) groups is 1. The van der Waals surface area contributed by atoms with E-state index >= 15 is 0 Å². The molecule has 16 nitrogen and oxygen atoms in total. The van der Waals surface area contributed by atoms with Gasteiger partial charge < -0.3 is 74.6 Å². The fourth-order valence-corrected chi connectivity index (χ4v) is 4.74. The number of nitrogens with one attached hydrogen (secondary N) is 1. The van der Waals surface area contributed by atoms with Gasteiger partial charge in [-0.15, -0.1) is 0 Å². The molecule has 0 unspecified atom stereocenters. The van der Waals surface area contributed by atoms with Crippen LogP contribution in [0.15, 0.2) is 0 Å². The number of ether oxygens (including phenoxy) is 6. The van der Waals surface area contributed by atoms with Crippen molar-refractivity contribution >= 4 is 5.91 Å². The summed E-state index contributed by atoms with van der Waals surface area (Å²) in [6.07, 6.45) is -20.4. The molecule has 3 aliphatic heterocycles. The molecule has 3 saturated heterocycles. The molecule has 15 atom stereocenters. The van der Waals surface area contributed by atoms with Gasteiger partial charge in [-0.05, 0) is 13.3 Å². The molecule has 0 aliphatic carbocycles. The Balaban J connectivity index is 1.92. The van der Waals surface area contributed by atoms with Crippen molar-refractivity contribution in [3.05, 3.63) is 0 Å². The van der Waals surface area contributed by atoms with Crippen LogP contribution in [0.4, 0.5) is 0 Å². The molecular weight excluding hydrogens is 530 g/mol. The Labute approximate surface area is 224 Å². The maximum absolute atomic E-state index is 12.0. The minimum absolute atomic E-state index is 0.203. The van der Waals surface area contributed by atoms with Crippen LogP contribution in [0.25, 0.3) is 0 Å². The number of aliphatic hydroxyl groups is 8. The number of rotatable bonds is 10. The molecule has 0 aromatic heterocycles.